The zero-order valence-corrected chi connectivity index (χ0v) is 23.3. The molecule has 0 saturated carbocycles. The zero-order chi connectivity index (χ0) is 23.7. The Labute approximate surface area is 201 Å². The quantitative estimate of drug-likeness (QED) is 0.130. The van der Waals surface area contributed by atoms with E-state index < -0.39 is 24.1 Å². The van der Waals surface area contributed by atoms with Gasteiger partial charge in [0.1, 0.15) is 0 Å². The third-order valence-corrected chi connectivity index (χ3v) is 8.90. The molecule has 2 radical (unpaired) electrons. The van der Waals surface area contributed by atoms with Gasteiger partial charge in [0, 0.05) is 13.2 Å². The number of carboxylic acids is 2. The minimum absolute atomic E-state index is 0.0736. The standard InChI is InChI=1S/C8H14O6.2C8H17.Sn/c1-3-13-5(7(9)10)6(8(11)12)14-4-2;2*1-3-5-7-8-6-4-2;/h5-6H,3-4H2,1-2H3,(H,9,10)(H,11,12);2*1,3-8H2,2H3;. The van der Waals surface area contributed by atoms with E-state index in [4.69, 9.17) is 19.7 Å². The van der Waals surface area contributed by atoms with Crippen LogP contribution in [0.2, 0.25) is 8.87 Å². The first-order chi connectivity index (χ1) is 15.0. The van der Waals surface area contributed by atoms with Crippen LogP contribution < -0.4 is 0 Å². The van der Waals surface area contributed by atoms with Crippen molar-refractivity contribution in [3.8, 4) is 0 Å². The maximum atomic E-state index is 10.6. The number of unbranched alkanes of at least 4 members (excludes halogenated alkanes) is 10. The molecule has 31 heavy (non-hydrogen) atoms. The second-order valence-electron chi connectivity index (χ2n) is 7.71. The summed E-state index contributed by atoms with van der Waals surface area (Å²) in [7, 11) is 0. The first-order valence-corrected chi connectivity index (χ1v) is 16.4. The molecule has 184 valence electrons. The normalized spacial score (nSPS) is 12.6. The number of hydrogen-bond acceptors (Lipinski definition) is 4. The number of hydrogen-bond donors (Lipinski definition) is 2. The summed E-state index contributed by atoms with van der Waals surface area (Å²) in [5.74, 6) is -2.68. The number of aliphatic carboxylic acids is 2. The van der Waals surface area contributed by atoms with Crippen LogP contribution in [0.15, 0.2) is 0 Å². The van der Waals surface area contributed by atoms with Crippen molar-refractivity contribution in [2.24, 2.45) is 0 Å². The van der Waals surface area contributed by atoms with Crippen molar-refractivity contribution in [3.05, 3.63) is 0 Å². The third kappa shape index (κ3) is 22.6. The van der Waals surface area contributed by atoms with Crippen molar-refractivity contribution < 1.29 is 29.3 Å². The van der Waals surface area contributed by atoms with Crippen LogP contribution in [0, 0.1) is 0 Å². The summed E-state index contributed by atoms with van der Waals surface area (Å²) in [6.07, 6.45) is 14.9. The van der Waals surface area contributed by atoms with Crippen molar-refractivity contribution in [1.29, 1.82) is 0 Å². The third-order valence-electron chi connectivity index (χ3n) is 4.87. The summed E-state index contributed by atoms with van der Waals surface area (Å²) < 4.78 is 12.9. The molecule has 0 rings (SSSR count). The van der Waals surface area contributed by atoms with Gasteiger partial charge in [-0.15, -0.1) is 0 Å². The van der Waals surface area contributed by atoms with Crippen molar-refractivity contribution in [2.75, 3.05) is 13.2 Å². The molecular formula is C24H48O6Sn. The molecule has 6 nitrogen and oxygen atoms in total. The summed E-state index contributed by atoms with van der Waals surface area (Å²) in [6.45, 7) is 8.01. The Morgan fingerprint density at radius 2 is 0.935 bits per heavy atom. The summed E-state index contributed by atoms with van der Waals surface area (Å²) in [5, 5.41) is 17.4. The molecule has 0 saturated heterocycles. The zero-order valence-electron chi connectivity index (χ0n) is 20.5. The van der Waals surface area contributed by atoms with E-state index in [0.717, 1.165) is 0 Å². The number of ether oxygens (including phenoxy) is 2. The van der Waals surface area contributed by atoms with Gasteiger partial charge in [0.15, 0.2) is 12.2 Å². The van der Waals surface area contributed by atoms with Gasteiger partial charge in [0.05, 0.1) is 0 Å². The Bertz CT molecular complexity index is 370. The second kappa shape index (κ2) is 25.9. The molecule has 0 aromatic carbocycles. The van der Waals surface area contributed by atoms with Crippen LogP contribution in [-0.2, 0) is 19.1 Å². The molecule has 0 bridgehead atoms. The largest absolute Gasteiger partial charge is 0.479 e. The molecule has 0 aromatic rings. The number of carbonyl (C=O) groups is 2. The van der Waals surface area contributed by atoms with E-state index in [1.54, 1.807) is 35.6 Å². The molecule has 0 spiro atoms. The fourth-order valence-electron chi connectivity index (χ4n) is 3.12. The van der Waals surface area contributed by atoms with Gasteiger partial charge in [0.25, 0.3) is 0 Å². The van der Waals surface area contributed by atoms with Crippen LogP contribution in [0.25, 0.3) is 0 Å². The summed E-state index contributed by atoms with van der Waals surface area (Å²) >= 11 is 0.0736. The van der Waals surface area contributed by atoms with Crippen LogP contribution >= 0.6 is 0 Å². The van der Waals surface area contributed by atoms with Crippen LogP contribution in [0.4, 0.5) is 0 Å². The van der Waals surface area contributed by atoms with Crippen LogP contribution in [0.1, 0.15) is 105 Å². The predicted octanol–water partition coefficient (Wildman–Crippen LogP) is 6.21. The maximum absolute atomic E-state index is 10.6. The molecule has 0 amide bonds. The Morgan fingerprint density at radius 3 is 1.23 bits per heavy atom. The molecule has 2 unspecified atom stereocenters. The molecule has 0 aliphatic heterocycles. The molecule has 0 aliphatic carbocycles. The Kier molecular flexibility index (Phi) is 27.4. The molecule has 7 heteroatoms. The van der Waals surface area contributed by atoms with Gasteiger partial charge >= 0.3 is 133 Å². The number of rotatable bonds is 21. The Morgan fingerprint density at radius 1 is 0.613 bits per heavy atom. The minimum Gasteiger partial charge on any atom is -0.479 e. The van der Waals surface area contributed by atoms with Crippen molar-refractivity contribution in [2.45, 2.75) is 126 Å². The van der Waals surface area contributed by atoms with Gasteiger partial charge in [-0.05, 0) is 13.8 Å². The average Bonchev–Trinajstić information content (AvgIpc) is 2.74. The molecule has 2 atom stereocenters. The predicted molar refractivity (Wildman–Crippen MR) is 128 cm³/mol. The van der Waals surface area contributed by atoms with E-state index in [9.17, 15) is 9.59 Å². The monoisotopic (exact) mass is 552 g/mol. The van der Waals surface area contributed by atoms with Crippen molar-refractivity contribution in [1.82, 2.24) is 0 Å². The fraction of sp³-hybridized carbons (Fsp3) is 0.917. The summed E-state index contributed by atoms with van der Waals surface area (Å²) in [6, 6.07) is 0. The van der Waals surface area contributed by atoms with Gasteiger partial charge in [-0.25, -0.2) is 9.59 Å². The molecule has 0 aromatic heterocycles. The van der Waals surface area contributed by atoms with E-state index in [1.807, 2.05) is 0 Å². The van der Waals surface area contributed by atoms with Crippen LogP contribution in [0.3, 0.4) is 0 Å². The Balaban J connectivity index is 0. The van der Waals surface area contributed by atoms with E-state index >= 15 is 0 Å². The molecule has 0 aliphatic rings. The Hall–Kier alpha value is -0.341. The maximum Gasteiger partial charge on any atom is 0.336 e. The molecular weight excluding hydrogens is 503 g/mol. The minimum atomic E-state index is -1.46. The van der Waals surface area contributed by atoms with E-state index in [2.05, 4.69) is 13.8 Å². The van der Waals surface area contributed by atoms with Crippen molar-refractivity contribution in [3.63, 3.8) is 0 Å². The van der Waals surface area contributed by atoms with E-state index in [0.29, 0.717) is 0 Å². The first-order valence-electron chi connectivity index (χ1n) is 12.4. The molecule has 0 fully saturated rings. The van der Waals surface area contributed by atoms with Crippen molar-refractivity contribution >= 4 is 33.1 Å². The van der Waals surface area contributed by atoms with Gasteiger partial charge in [-0.3, -0.25) is 0 Å². The summed E-state index contributed by atoms with van der Waals surface area (Å²) in [5.41, 5.74) is 0. The molecule has 2 N–H and O–H groups in total. The van der Waals surface area contributed by atoms with Crippen LogP contribution in [-0.4, -0.2) is 68.7 Å². The number of carboxylic acid groups (broad SMARTS) is 2. The van der Waals surface area contributed by atoms with E-state index in [-0.39, 0.29) is 34.4 Å². The van der Waals surface area contributed by atoms with E-state index in [1.165, 1.54) is 64.2 Å². The summed E-state index contributed by atoms with van der Waals surface area (Å²) in [4.78, 5) is 21.3. The van der Waals surface area contributed by atoms with Crippen LogP contribution in [0.5, 0.6) is 0 Å². The fourth-order valence-corrected chi connectivity index (χ4v) is 6.69. The SMILES string of the molecule is CCCCCCC[CH2][Sn][CH2]CCCCCCC.CCOC(C(=O)O)C(OCC)C(=O)O. The average molecular weight is 551 g/mol. The first kappa shape index (κ1) is 32.8. The smallest absolute Gasteiger partial charge is 0.336 e. The van der Waals surface area contributed by atoms with Gasteiger partial charge in [-0.1, -0.05) is 0 Å². The van der Waals surface area contributed by atoms with Gasteiger partial charge in [-0.2, -0.15) is 0 Å². The van der Waals surface area contributed by atoms with Gasteiger partial charge in [0.2, 0.25) is 0 Å². The van der Waals surface area contributed by atoms with Gasteiger partial charge < -0.3 is 19.7 Å². The topological polar surface area (TPSA) is 93.1 Å². The molecule has 0 heterocycles. The second-order valence-corrected chi connectivity index (χ2v) is 12.0.